The molecule has 30 heavy (non-hydrogen) atoms. The van der Waals surface area contributed by atoms with Crippen molar-refractivity contribution in [1.82, 2.24) is 25.3 Å². The molecule has 1 unspecified atom stereocenters. The van der Waals surface area contributed by atoms with Gasteiger partial charge in [0.05, 0.1) is 0 Å². The number of hydrogen-bond donors (Lipinski definition) is 2. The van der Waals surface area contributed by atoms with Crippen molar-refractivity contribution in [3.05, 3.63) is 53.2 Å². The highest BCUT2D eigenvalue weighted by molar-refractivity contribution is 5.93. The largest absolute Gasteiger partial charge is 0.337 e. The van der Waals surface area contributed by atoms with Crippen LogP contribution in [0, 0.1) is 5.41 Å². The predicted octanol–water partition coefficient (Wildman–Crippen LogP) is 2.24. The Balaban J connectivity index is 1.20. The van der Waals surface area contributed by atoms with Crippen LogP contribution in [0.4, 0.5) is 10.6 Å². The van der Waals surface area contributed by atoms with Crippen LogP contribution in [-0.2, 0) is 13.1 Å². The Labute approximate surface area is 175 Å². The van der Waals surface area contributed by atoms with Crippen LogP contribution in [0.1, 0.15) is 40.9 Å². The molecule has 3 aliphatic heterocycles. The van der Waals surface area contributed by atoms with Gasteiger partial charge in [0.15, 0.2) is 11.5 Å². The van der Waals surface area contributed by atoms with Crippen LogP contribution in [0.15, 0.2) is 36.4 Å². The molecule has 0 aliphatic carbocycles. The fraction of sp³-hybridized carbons (Fsp3) is 0.455. The number of carbonyl (C=O) groups excluding carboxylic acids is 2. The number of piperidine rings is 1. The highest BCUT2D eigenvalue weighted by Crippen LogP contribution is 2.35. The third kappa shape index (κ3) is 3.63. The van der Waals surface area contributed by atoms with Crippen LogP contribution in [0.2, 0.25) is 0 Å². The number of likely N-dealkylation sites (tertiary alicyclic amines) is 1. The van der Waals surface area contributed by atoms with Crippen molar-refractivity contribution >= 4 is 17.8 Å². The minimum absolute atomic E-state index is 0.0821. The summed E-state index contributed by atoms with van der Waals surface area (Å²) in [5.41, 5.74) is 2.86. The molecule has 3 amide bonds. The summed E-state index contributed by atoms with van der Waals surface area (Å²) in [6, 6.07) is 11.1. The van der Waals surface area contributed by atoms with Gasteiger partial charge in [-0.15, -0.1) is 10.2 Å². The molecule has 8 nitrogen and oxygen atoms in total. The summed E-state index contributed by atoms with van der Waals surface area (Å²) in [7, 11) is 0. The second kappa shape index (κ2) is 7.68. The summed E-state index contributed by atoms with van der Waals surface area (Å²) < 4.78 is 0. The van der Waals surface area contributed by atoms with E-state index in [9.17, 15) is 9.59 Å². The SMILES string of the molecule is O=C(Nc1ccc(C(=O)N2CCCC3(CCNC3)C2)nn1)N1Cc2ccccc2C1. The normalized spacial score (nSPS) is 22.9. The molecule has 4 heterocycles. The van der Waals surface area contributed by atoms with Gasteiger partial charge in [-0.25, -0.2) is 4.79 Å². The van der Waals surface area contributed by atoms with E-state index in [0.29, 0.717) is 24.6 Å². The molecule has 1 atom stereocenters. The third-order valence-electron chi connectivity index (χ3n) is 6.53. The minimum Gasteiger partial charge on any atom is -0.337 e. The maximum atomic E-state index is 12.9. The maximum absolute atomic E-state index is 12.9. The number of nitrogens with zero attached hydrogens (tertiary/aromatic N) is 4. The van der Waals surface area contributed by atoms with Crippen molar-refractivity contribution in [3.63, 3.8) is 0 Å². The zero-order valence-corrected chi connectivity index (χ0v) is 16.9. The average molecular weight is 406 g/mol. The zero-order valence-electron chi connectivity index (χ0n) is 16.9. The van der Waals surface area contributed by atoms with Crippen molar-refractivity contribution in [1.29, 1.82) is 0 Å². The maximum Gasteiger partial charge on any atom is 0.323 e. The molecule has 2 fully saturated rings. The van der Waals surface area contributed by atoms with Crippen molar-refractivity contribution in [2.45, 2.75) is 32.4 Å². The first-order valence-electron chi connectivity index (χ1n) is 10.6. The van der Waals surface area contributed by atoms with Crippen LogP contribution in [-0.4, -0.2) is 58.1 Å². The lowest BCUT2D eigenvalue weighted by molar-refractivity contribution is 0.0547. The molecule has 5 rings (SSSR count). The molecule has 2 N–H and O–H groups in total. The molecule has 2 saturated heterocycles. The fourth-order valence-corrected chi connectivity index (χ4v) is 4.87. The van der Waals surface area contributed by atoms with Gasteiger partial charge in [0.2, 0.25) is 0 Å². The Morgan fingerprint density at radius 3 is 2.47 bits per heavy atom. The molecular formula is C22H26N6O2. The first-order valence-corrected chi connectivity index (χ1v) is 10.6. The van der Waals surface area contributed by atoms with E-state index in [1.54, 1.807) is 17.0 Å². The lowest BCUT2D eigenvalue weighted by Gasteiger charge is -2.39. The van der Waals surface area contributed by atoms with Gasteiger partial charge in [0, 0.05) is 38.1 Å². The van der Waals surface area contributed by atoms with E-state index in [0.717, 1.165) is 50.1 Å². The van der Waals surface area contributed by atoms with Crippen molar-refractivity contribution in [3.8, 4) is 0 Å². The van der Waals surface area contributed by atoms with E-state index < -0.39 is 0 Å². The first-order chi connectivity index (χ1) is 14.6. The Bertz CT molecular complexity index is 929. The highest BCUT2D eigenvalue weighted by atomic mass is 16.2. The summed E-state index contributed by atoms with van der Waals surface area (Å²) in [6.45, 7) is 4.70. The van der Waals surface area contributed by atoms with Gasteiger partial charge in [0.1, 0.15) is 0 Å². The zero-order chi connectivity index (χ0) is 20.6. The molecule has 0 saturated carbocycles. The van der Waals surface area contributed by atoms with Crippen molar-refractivity contribution in [2.75, 3.05) is 31.5 Å². The molecule has 156 valence electrons. The molecule has 2 aromatic rings. The fourth-order valence-electron chi connectivity index (χ4n) is 4.87. The number of urea groups is 1. The topological polar surface area (TPSA) is 90.5 Å². The number of rotatable bonds is 2. The molecule has 1 spiro atoms. The second-order valence-corrected chi connectivity index (χ2v) is 8.62. The van der Waals surface area contributed by atoms with Gasteiger partial charge in [-0.3, -0.25) is 10.1 Å². The number of nitrogens with one attached hydrogen (secondary N) is 2. The number of hydrogen-bond acceptors (Lipinski definition) is 5. The van der Waals surface area contributed by atoms with E-state index >= 15 is 0 Å². The number of fused-ring (bicyclic) bond motifs is 1. The van der Waals surface area contributed by atoms with E-state index in [4.69, 9.17) is 0 Å². The summed E-state index contributed by atoms with van der Waals surface area (Å²) in [4.78, 5) is 29.1. The number of carbonyl (C=O) groups is 2. The van der Waals surface area contributed by atoms with Crippen LogP contribution < -0.4 is 10.6 Å². The molecule has 3 aliphatic rings. The summed E-state index contributed by atoms with van der Waals surface area (Å²) in [6.07, 6.45) is 3.31. The quantitative estimate of drug-likeness (QED) is 0.798. The highest BCUT2D eigenvalue weighted by Gasteiger charge is 2.39. The summed E-state index contributed by atoms with van der Waals surface area (Å²) in [5, 5.41) is 14.4. The third-order valence-corrected chi connectivity index (χ3v) is 6.53. The molecular weight excluding hydrogens is 380 g/mol. The minimum atomic E-state index is -0.216. The lowest BCUT2D eigenvalue weighted by atomic mass is 9.79. The Kier molecular flexibility index (Phi) is 4.86. The van der Waals surface area contributed by atoms with Gasteiger partial charge in [-0.2, -0.15) is 0 Å². The number of amides is 3. The molecule has 1 aromatic heterocycles. The second-order valence-electron chi connectivity index (χ2n) is 8.62. The lowest BCUT2D eigenvalue weighted by Crippen LogP contribution is -2.47. The molecule has 0 radical (unpaired) electrons. The van der Waals surface area contributed by atoms with Gasteiger partial charge >= 0.3 is 6.03 Å². The van der Waals surface area contributed by atoms with E-state index in [2.05, 4.69) is 20.8 Å². The van der Waals surface area contributed by atoms with Gasteiger partial charge in [-0.1, -0.05) is 24.3 Å². The predicted molar refractivity (Wildman–Crippen MR) is 112 cm³/mol. The van der Waals surface area contributed by atoms with Crippen LogP contribution in [0.5, 0.6) is 0 Å². The Morgan fingerprint density at radius 1 is 1.00 bits per heavy atom. The number of aromatic nitrogens is 2. The first kappa shape index (κ1) is 19.0. The monoisotopic (exact) mass is 406 g/mol. The average Bonchev–Trinajstić information content (AvgIpc) is 3.41. The number of benzene rings is 1. The van der Waals surface area contributed by atoms with Crippen molar-refractivity contribution in [2.24, 2.45) is 5.41 Å². The standard InChI is InChI=1S/C22H26N6O2/c29-20(27-11-3-8-22(15-27)9-10-23-14-22)18-6-7-19(26-25-18)24-21(30)28-12-16-4-1-2-5-17(16)13-28/h1-2,4-7,23H,3,8-15H2,(H,24,26,30). The smallest absolute Gasteiger partial charge is 0.323 e. The van der Waals surface area contributed by atoms with E-state index in [1.165, 1.54) is 6.42 Å². The molecule has 1 aromatic carbocycles. The number of anilines is 1. The molecule has 8 heteroatoms. The van der Waals surface area contributed by atoms with Crippen LogP contribution in [0.25, 0.3) is 0 Å². The van der Waals surface area contributed by atoms with E-state index in [1.807, 2.05) is 29.2 Å². The molecule has 0 bridgehead atoms. The van der Waals surface area contributed by atoms with Gasteiger partial charge < -0.3 is 15.1 Å². The van der Waals surface area contributed by atoms with Crippen LogP contribution in [0.3, 0.4) is 0 Å². The Morgan fingerprint density at radius 2 is 1.80 bits per heavy atom. The van der Waals surface area contributed by atoms with Gasteiger partial charge in [0.25, 0.3) is 5.91 Å². The van der Waals surface area contributed by atoms with E-state index in [-0.39, 0.29) is 17.4 Å². The summed E-state index contributed by atoms with van der Waals surface area (Å²) in [5.74, 6) is 0.268. The van der Waals surface area contributed by atoms with Crippen LogP contribution >= 0.6 is 0 Å². The van der Waals surface area contributed by atoms with Gasteiger partial charge in [-0.05, 0) is 49.1 Å². The summed E-state index contributed by atoms with van der Waals surface area (Å²) >= 11 is 0. The Hall–Kier alpha value is -3.00. The van der Waals surface area contributed by atoms with Crippen molar-refractivity contribution < 1.29 is 9.59 Å².